The van der Waals surface area contributed by atoms with E-state index in [0.717, 1.165) is 11.1 Å². The highest BCUT2D eigenvalue weighted by molar-refractivity contribution is 5.70. The summed E-state index contributed by atoms with van der Waals surface area (Å²) in [5, 5.41) is 18.7. The summed E-state index contributed by atoms with van der Waals surface area (Å²) < 4.78 is 0. The Morgan fingerprint density at radius 3 is 2.27 bits per heavy atom. The first-order valence-corrected chi connectivity index (χ1v) is 4.79. The third-order valence-corrected chi connectivity index (χ3v) is 2.33. The Labute approximate surface area is 88.4 Å². The molecular formula is C13H12O2. The van der Waals surface area contributed by atoms with Crippen molar-refractivity contribution in [3.05, 3.63) is 54.1 Å². The van der Waals surface area contributed by atoms with Crippen molar-refractivity contribution >= 4 is 0 Å². The van der Waals surface area contributed by atoms with Crippen LogP contribution in [-0.4, -0.2) is 10.2 Å². The van der Waals surface area contributed by atoms with E-state index in [1.54, 1.807) is 6.07 Å². The van der Waals surface area contributed by atoms with E-state index in [1.807, 2.05) is 42.5 Å². The maximum atomic E-state index is 9.76. The zero-order valence-corrected chi connectivity index (χ0v) is 8.22. The van der Waals surface area contributed by atoms with E-state index in [4.69, 9.17) is 5.11 Å². The van der Waals surface area contributed by atoms with Gasteiger partial charge in [0, 0.05) is 5.56 Å². The Balaban J connectivity index is 2.46. The Morgan fingerprint density at radius 1 is 0.933 bits per heavy atom. The standard InChI is InChI=1S/C13H12O2/c14-9-10-6-7-12(13(15)8-10)11-4-2-1-3-5-11/h1-8,14-15H,9H2. The lowest BCUT2D eigenvalue weighted by atomic mass is 10.0. The minimum Gasteiger partial charge on any atom is -0.507 e. The smallest absolute Gasteiger partial charge is 0.123 e. The highest BCUT2D eigenvalue weighted by Crippen LogP contribution is 2.29. The first-order valence-electron chi connectivity index (χ1n) is 4.79. The number of aliphatic hydroxyl groups excluding tert-OH is 1. The lowest BCUT2D eigenvalue weighted by Gasteiger charge is -2.05. The molecule has 2 aromatic carbocycles. The molecule has 0 heterocycles. The lowest BCUT2D eigenvalue weighted by molar-refractivity contribution is 0.281. The number of benzene rings is 2. The van der Waals surface area contributed by atoms with Crippen LogP contribution in [-0.2, 0) is 6.61 Å². The number of phenols is 1. The number of hydrogen-bond donors (Lipinski definition) is 2. The van der Waals surface area contributed by atoms with E-state index in [2.05, 4.69) is 0 Å². The van der Waals surface area contributed by atoms with Crippen molar-refractivity contribution in [1.82, 2.24) is 0 Å². The number of rotatable bonds is 2. The van der Waals surface area contributed by atoms with Gasteiger partial charge in [-0.15, -0.1) is 0 Å². The molecule has 0 bridgehead atoms. The van der Waals surface area contributed by atoms with Gasteiger partial charge in [0.2, 0.25) is 0 Å². The summed E-state index contributed by atoms with van der Waals surface area (Å²) in [4.78, 5) is 0. The van der Waals surface area contributed by atoms with Crippen molar-refractivity contribution in [3.8, 4) is 16.9 Å². The van der Waals surface area contributed by atoms with Gasteiger partial charge in [-0.3, -0.25) is 0 Å². The van der Waals surface area contributed by atoms with E-state index in [0.29, 0.717) is 5.56 Å². The predicted octanol–water partition coefficient (Wildman–Crippen LogP) is 2.55. The highest BCUT2D eigenvalue weighted by Gasteiger charge is 2.03. The Morgan fingerprint density at radius 2 is 1.67 bits per heavy atom. The van der Waals surface area contributed by atoms with Gasteiger partial charge in [-0.1, -0.05) is 42.5 Å². The molecule has 0 aliphatic carbocycles. The summed E-state index contributed by atoms with van der Waals surface area (Å²) in [5.41, 5.74) is 2.47. The quantitative estimate of drug-likeness (QED) is 0.782. The molecule has 2 aromatic rings. The zero-order valence-electron chi connectivity index (χ0n) is 8.22. The molecule has 2 N–H and O–H groups in total. The van der Waals surface area contributed by atoms with Crippen LogP contribution >= 0.6 is 0 Å². The molecule has 0 fully saturated rings. The van der Waals surface area contributed by atoms with Crippen molar-refractivity contribution in [2.75, 3.05) is 0 Å². The van der Waals surface area contributed by atoms with E-state index >= 15 is 0 Å². The van der Waals surface area contributed by atoms with E-state index < -0.39 is 0 Å². The molecular weight excluding hydrogens is 188 g/mol. The molecule has 0 amide bonds. The summed E-state index contributed by atoms with van der Waals surface area (Å²) in [5.74, 6) is 0.202. The molecule has 2 heteroatoms. The maximum absolute atomic E-state index is 9.76. The first-order chi connectivity index (χ1) is 7.31. The van der Waals surface area contributed by atoms with Gasteiger partial charge in [0.15, 0.2) is 0 Å². The first kappa shape index (κ1) is 9.74. The molecule has 2 nitrogen and oxygen atoms in total. The topological polar surface area (TPSA) is 40.5 Å². The summed E-state index contributed by atoms with van der Waals surface area (Å²) >= 11 is 0. The Bertz CT molecular complexity index is 449. The fourth-order valence-corrected chi connectivity index (χ4v) is 1.54. The number of aliphatic hydroxyl groups is 1. The van der Waals surface area contributed by atoms with Gasteiger partial charge >= 0.3 is 0 Å². The molecule has 0 aromatic heterocycles. The highest BCUT2D eigenvalue weighted by atomic mass is 16.3. The average Bonchev–Trinajstić information content (AvgIpc) is 2.30. The molecule has 15 heavy (non-hydrogen) atoms. The van der Waals surface area contributed by atoms with Crippen LogP contribution in [0.15, 0.2) is 48.5 Å². The van der Waals surface area contributed by atoms with Crippen LogP contribution in [0, 0.1) is 0 Å². The molecule has 0 aliphatic rings. The Kier molecular flexibility index (Phi) is 2.70. The fraction of sp³-hybridized carbons (Fsp3) is 0.0769. The van der Waals surface area contributed by atoms with Gasteiger partial charge in [0.1, 0.15) is 5.75 Å². The van der Waals surface area contributed by atoms with Crippen LogP contribution in [0.2, 0.25) is 0 Å². The zero-order chi connectivity index (χ0) is 10.7. The molecule has 0 aliphatic heterocycles. The monoisotopic (exact) mass is 200 g/mol. The van der Waals surface area contributed by atoms with Gasteiger partial charge in [-0.25, -0.2) is 0 Å². The lowest BCUT2D eigenvalue weighted by Crippen LogP contribution is -1.84. The van der Waals surface area contributed by atoms with Crippen LogP contribution < -0.4 is 0 Å². The SMILES string of the molecule is OCc1ccc(-c2ccccc2)c(O)c1. The van der Waals surface area contributed by atoms with E-state index in [1.165, 1.54) is 0 Å². The average molecular weight is 200 g/mol. The summed E-state index contributed by atoms with van der Waals surface area (Å²) in [6.07, 6.45) is 0. The van der Waals surface area contributed by atoms with Crippen LogP contribution in [0.5, 0.6) is 5.75 Å². The van der Waals surface area contributed by atoms with Crippen LogP contribution in [0.25, 0.3) is 11.1 Å². The molecule has 0 saturated carbocycles. The third-order valence-electron chi connectivity index (χ3n) is 2.33. The van der Waals surface area contributed by atoms with Crippen molar-refractivity contribution in [2.45, 2.75) is 6.61 Å². The van der Waals surface area contributed by atoms with Crippen LogP contribution in [0.4, 0.5) is 0 Å². The molecule has 76 valence electrons. The van der Waals surface area contributed by atoms with Gasteiger partial charge in [0.05, 0.1) is 6.61 Å². The largest absolute Gasteiger partial charge is 0.507 e. The van der Waals surface area contributed by atoms with Gasteiger partial charge in [0.25, 0.3) is 0 Å². The summed E-state index contributed by atoms with van der Waals surface area (Å²) in [7, 11) is 0. The second kappa shape index (κ2) is 4.15. The van der Waals surface area contributed by atoms with Gasteiger partial charge in [-0.05, 0) is 17.2 Å². The van der Waals surface area contributed by atoms with Crippen LogP contribution in [0.3, 0.4) is 0 Å². The molecule has 0 radical (unpaired) electrons. The Hall–Kier alpha value is -1.80. The predicted molar refractivity (Wildman–Crippen MR) is 59.5 cm³/mol. The van der Waals surface area contributed by atoms with Gasteiger partial charge < -0.3 is 10.2 Å². The molecule has 0 spiro atoms. The van der Waals surface area contributed by atoms with Crippen molar-refractivity contribution in [2.24, 2.45) is 0 Å². The number of hydrogen-bond acceptors (Lipinski definition) is 2. The van der Waals surface area contributed by atoms with Crippen molar-refractivity contribution in [1.29, 1.82) is 0 Å². The second-order valence-electron chi connectivity index (χ2n) is 3.38. The fourth-order valence-electron chi connectivity index (χ4n) is 1.54. The van der Waals surface area contributed by atoms with Crippen LogP contribution in [0.1, 0.15) is 5.56 Å². The molecule has 2 rings (SSSR count). The summed E-state index contributed by atoms with van der Waals surface area (Å²) in [6.45, 7) is -0.0529. The minimum absolute atomic E-state index is 0.0529. The second-order valence-corrected chi connectivity index (χ2v) is 3.38. The van der Waals surface area contributed by atoms with E-state index in [-0.39, 0.29) is 12.4 Å². The minimum atomic E-state index is -0.0529. The van der Waals surface area contributed by atoms with Crippen molar-refractivity contribution in [3.63, 3.8) is 0 Å². The molecule has 0 unspecified atom stereocenters. The normalized spacial score (nSPS) is 10.2. The maximum Gasteiger partial charge on any atom is 0.123 e. The number of phenolic OH excluding ortho intramolecular Hbond substituents is 1. The van der Waals surface area contributed by atoms with Gasteiger partial charge in [-0.2, -0.15) is 0 Å². The van der Waals surface area contributed by atoms with Crippen molar-refractivity contribution < 1.29 is 10.2 Å². The molecule has 0 atom stereocenters. The van der Waals surface area contributed by atoms with E-state index in [9.17, 15) is 5.11 Å². The summed E-state index contributed by atoms with van der Waals surface area (Å²) in [6, 6.07) is 14.9. The third kappa shape index (κ3) is 2.00. The number of aromatic hydroxyl groups is 1. The molecule has 0 saturated heterocycles.